The molecule has 1 aliphatic rings. The lowest BCUT2D eigenvalue weighted by atomic mass is 9.95. The first-order valence-electron chi connectivity index (χ1n) is 13.4. The quantitative estimate of drug-likeness (QED) is 0.0976. The number of amides is 3. The van der Waals surface area contributed by atoms with Gasteiger partial charge in [-0.25, -0.2) is 15.0 Å². The van der Waals surface area contributed by atoms with Gasteiger partial charge in [0, 0.05) is 5.70 Å². The van der Waals surface area contributed by atoms with Crippen molar-refractivity contribution in [1.82, 2.24) is 16.1 Å². The highest BCUT2D eigenvalue weighted by Gasteiger charge is 2.32. The van der Waals surface area contributed by atoms with E-state index in [2.05, 4.69) is 59.7 Å². The van der Waals surface area contributed by atoms with Crippen molar-refractivity contribution in [3.05, 3.63) is 96.7 Å². The molecule has 0 aliphatic carbocycles. The molecule has 3 aromatic carbocycles. The Bertz CT molecular complexity index is 1570. The molecule has 0 unspecified atom stereocenters. The topological polar surface area (TPSA) is 137 Å². The second kappa shape index (κ2) is 15.6. The van der Waals surface area contributed by atoms with Crippen LogP contribution in [0.1, 0.15) is 36.6 Å². The van der Waals surface area contributed by atoms with Gasteiger partial charge in [0.25, 0.3) is 5.91 Å². The molecule has 4 rings (SSSR count). The molecule has 0 fully saturated rings. The van der Waals surface area contributed by atoms with Gasteiger partial charge in [-0.1, -0.05) is 36.4 Å². The van der Waals surface area contributed by atoms with Gasteiger partial charge in [-0.05, 0) is 93.3 Å². The fraction of sp³-hybridized carbons (Fsp3) is 0.226. The Balaban J connectivity index is 1.36. The lowest BCUT2D eigenvalue weighted by Gasteiger charge is -2.28. The zero-order valence-corrected chi connectivity index (χ0v) is 27.9. The Morgan fingerprint density at radius 3 is 2.57 bits per heavy atom. The van der Waals surface area contributed by atoms with Crippen LogP contribution in [0.5, 0.6) is 17.2 Å². The molecular formula is C31H30BrIN4O7. The summed E-state index contributed by atoms with van der Waals surface area (Å²) in [6, 6.07) is 17.3. The van der Waals surface area contributed by atoms with E-state index < -0.39 is 23.9 Å². The van der Waals surface area contributed by atoms with Gasteiger partial charge in [0.1, 0.15) is 12.4 Å². The summed E-state index contributed by atoms with van der Waals surface area (Å²) in [5.41, 5.74) is 5.49. The molecule has 0 spiro atoms. The fourth-order valence-electron chi connectivity index (χ4n) is 4.28. The normalized spacial score (nSPS) is 14.5. The molecule has 0 bridgehead atoms. The molecule has 44 heavy (non-hydrogen) atoms. The maximum Gasteiger partial charge on any atom is 0.338 e. The van der Waals surface area contributed by atoms with Crippen molar-refractivity contribution in [3.63, 3.8) is 0 Å². The number of hydrazone groups is 1. The summed E-state index contributed by atoms with van der Waals surface area (Å²) in [7, 11) is 1.45. The SMILES string of the molecule is CCOC(=O)C1=C(C)NC(=O)N[C@H]1c1ccc(OCC(=O)N/N=C\c2cc(Br)c(OCc3ccccc3)c(I)c2)c(OC)c1. The van der Waals surface area contributed by atoms with Crippen LogP contribution < -0.4 is 30.3 Å². The summed E-state index contributed by atoms with van der Waals surface area (Å²) in [5, 5.41) is 9.37. The van der Waals surface area contributed by atoms with Gasteiger partial charge in [-0.2, -0.15) is 5.10 Å². The van der Waals surface area contributed by atoms with Crippen molar-refractivity contribution in [1.29, 1.82) is 0 Å². The summed E-state index contributed by atoms with van der Waals surface area (Å²) in [6.07, 6.45) is 1.52. The van der Waals surface area contributed by atoms with Crippen LogP contribution in [-0.4, -0.2) is 44.4 Å². The van der Waals surface area contributed by atoms with Gasteiger partial charge in [0.2, 0.25) is 0 Å². The summed E-state index contributed by atoms with van der Waals surface area (Å²) in [5.74, 6) is 0.279. The van der Waals surface area contributed by atoms with Crippen LogP contribution in [0.15, 0.2) is 81.5 Å². The van der Waals surface area contributed by atoms with Crippen LogP contribution >= 0.6 is 38.5 Å². The van der Waals surface area contributed by atoms with E-state index in [1.54, 1.807) is 32.0 Å². The summed E-state index contributed by atoms with van der Waals surface area (Å²) < 4.78 is 23.9. The largest absolute Gasteiger partial charge is 0.493 e. The Labute approximate surface area is 276 Å². The number of halogens is 2. The summed E-state index contributed by atoms with van der Waals surface area (Å²) in [6.45, 7) is 3.62. The third-order valence-corrected chi connectivity index (χ3v) is 7.68. The third-order valence-electron chi connectivity index (χ3n) is 6.29. The first-order chi connectivity index (χ1) is 21.2. The van der Waals surface area contributed by atoms with E-state index in [-0.39, 0.29) is 18.8 Å². The lowest BCUT2D eigenvalue weighted by molar-refractivity contribution is -0.139. The number of nitrogens with zero attached hydrogens (tertiary/aromatic N) is 1. The van der Waals surface area contributed by atoms with Crippen LogP contribution in [-0.2, 0) is 20.9 Å². The number of nitrogens with one attached hydrogen (secondary N) is 3. The second-order valence-corrected chi connectivity index (χ2v) is 11.4. The molecule has 0 radical (unpaired) electrons. The zero-order valence-electron chi connectivity index (χ0n) is 24.1. The number of methoxy groups -OCH3 is 1. The first-order valence-corrected chi connectivity index (χ1v) is 15.3. The molecule has 3 N–H and O–H groups in total. The number of hydrogen-bond donors (Lipinski definition) is 3. The molecule has 13 heteroatoms. The van der Waals surface area contributed by atoms with E-state index in [1.807, 2.05) is 42.5 Å². The number of esters is 1. The maximum atomic E-state index is 12.6. The number of hydrogen-bond acceptors (Lipinski definition) is 8. The fourth-order valence-corrected chi connectivity index (χ4v) is 6.05. The number of ether oxygens (including phenoxy) is 4. The van der Waals surface area contributed by atoms with Gasteiger partial charge < -0.3 is 29.6 Å². The lowest BCUT2D eigenvalue weighted by Crippen LogP contribution is -2.45. The molecule has 0 saturated heterocycles. The maximum absolute atomic E-state index is 12.6. The molecule has 0 aromatic heterocycles. The number of benzene rings is 3. The van der Waals surface area contributed by atoms with Crippen LogP contribution in [0.25, 0.3) is 0 Å². The Morgan fingerprint density at radius 2 is 1.86 bits per heavy atom. The Morgan fingerprint density at radius 1 is 1.09 bits per heavy atom. The molecule has 1 atom stereocenters. The van der Waals surface area contributed by atoms with Crippen LogP contribution in [0, 0.1) is 3.57 Å². The zero-order chi connectivity index (χ0) is 31.6. The van der Waals surface area contributed by atoms with Crippen LogP contribution in [0.3, 0.4) is 0 Å². The van der Waals surface area contributed by atoms with Crippen molar-refractivity contribution in [2.24, 2.45) is 5.10 Å². The van der Waals surface area contributed by atoms with Crippen LogP contribution in [0.4, 0.5) is 4.79 Å². The minimum absolute atomic E-state index is 0.186. The molecule has 11 nitrogen and oxygen atoms in total. The van der Waals surface area contributed by atoms with Crippen molar-refractivity contribution in [2.45, 2.75) is 26.5 Å². The van der Waals surface area contributed by atoms with E-state index in [1.165, 1.54) is 13.3 Å². The first kappa shape index (κ1) is 32.8. The van der Waals surface area contributed by atoms with E-state index >= 15 is 0 Å². The number of carbonyl (C=O) groups excluding carboxylic acids is 3. The van der Waals surface area contributed by atoms with E-state index in [0.717, 1.165) is 24.9 Å². The minimum Gasteiger partial charge on any atom is -0.493 e. The second-order valence-electron chi connectivity index (χ2n) is 9.37. The third kappa shape index (κ3) is 8.50. The molecule has 3 amide bonds. The molecule has 3 aromatic rings. The van der Waals surface area contributed by atoms with Gasteiger partial charge in [0.15, 0.2) is 18.1 Å². The van der Waals surface area contributed by atoms with E-state index in [4.69, 9.17) is 18.9 Å². The molecular weight excluding hydrogens is 747 g/mol. The summed E-state index contributed by atoms with van der Waals surface area (Å²) >= 11 is 5.74. The van der Waals surface area contributed by atoms with Crippen LogP contribution in [0.2, 0.25) is 0 Å². The highest BCUT2D eigenvalue weighted by molar-refractivity contribution is 14.1. The Hall–Kier alpha value is -4.11. The number of allylic oxidation sites excluding steroid dienone is 1. The smallest absolute Gasteiger partial charge is 0.338 e. The minimum atomic E-state index is -0.768. The monoisotopic (exact) mass is 776 g/mol. The van der Waals surface area contributed by atoms with Gasteiger partial charge in [-0.3, -0.25) is 4.79 Å². The van der Waals surface area contributed by atoms with E-state index in [9.17, 15) is 14.4 Å². The summed E-state index contributed by atoms with van der Waals surface area (Å²) in [4.78, 5) is 37.2. The average molecular weight is 777 g/mol. The van der Waals surface area contributed by atoms with E-state index in [0.29, 0.717) is 29.4 Å². The molecule has 1 aliphatic heterocycles. The molecule has 0 saturated carbocycles. The predicted octanol–water partition coefficient (Wildman–Crippen LogP) is 5.36. The number of urea groups is 1. The van der Waals surface area contributed by atoms with Gasteiger partial charge in [0.05, 0.1) is 39.6 Å². The standard InChI is InChI=1S/C31H30BrIN4O7/c1-4-42-30(39)27-18(2)35-31(40)36-28(27)21-10-11-24(25(14-21)41-3)43-17-26(38)37-34-15-20-12-22(32)29(23(33)13-20)44-16-19-8-6-5-7-9-19/h5-15,28H,4,16-17H2,1-3H3,(H,37,38)(H2,35,36,40)/b34-15-/t28-/m0/s1. The van der Waals surface area contributed by atoms with Gasteiger partial charge in [-0.15, -0.1) is 0 Å². The molecule has 230 valence electrons. The van der Waals surface area contributed by atoms with Gasteiger partial charge >= 0.3 is 12.0 Å². The number of carbonyl (C=O) groups is 3. The molecule has 1 heterocycles. The van der Waals surface area contributed by atoms with Crippen molar-refractivity contribution in [3.8, 4) is 17.2 Å². The van der Waals surface area contributed by atoms with Crippen molar-refractivity contribution >= 4 is 62.6 Å². The average Bonchev–Trinajstić information content (AvgIpc) is 2.99. The highest BCUT2D eigenvalue weighted by Crippen LogP contribution is 2.35. The number of rotatable bonds is 12. The Kier molecular flexibility index (Phi) is 11.6. The van der Waals surface area contributed by atoms with Crippen molar-refractivity contribution in [2.75, 3.05) is 20.3 Å². The highest BCUT2D eigenvalue weighted by atomic mass is 127. The van der Waals surface area contributed by atoms with Crippen molar-refractivity contribution < 1.29 is 33.3 Å². The predicted molar refractivity (Wildman–Crippen MR) is 176 cm³/mol.